The molecule has 108 valence electrons. The SMILES string of the molecule is CCC(Sc1ccc(C(=O)CCC(=O)O)cc1)C(=O)O. The van der Waals surface area contributed by atoms with Gasteiger partial charge in [0.05, 0.1) is 6.42 Å². The third-order valence-corrected chi connectivity index (χ3v) is 4.03. The molecule has 0 aliphatic carbocycles. The Morgan fingerprint density at radius 3 is 2.15 bits per heavy atom. The number of hydrogen-bond donors (Lipinski definition) is 2. The lowest BCUT2D eigenvalue weighted by Crippen LogP contribution is -2.14. The fourth-order valence-corrected chi connectivity index (χ4v) is 2.45. The van der Waals surface area contributed by atoms with Crippen LogP contribution >= 0.6 is 11.8 Å². The summed E-state index contributed by atoms with van der Waals surface area (Å²) in [5, 5.41) is 17.0. The Bertz CT molecular complexity index is 495. The summed E-state index contributed by atoms with van der Waals surface area (Å²) in [6.45, 7) is 1.80. The molecular formula is C14H16O5S. The molecule has 0 radical (unpaired) electrons. The molecule has 0 amide bonds. The van der Waals surface area contributed by atoms with E-state index in [9.17, 15) is 14.4 Å². The fraction of sp³-hybridized carbons (Fsp3) is 0.357. The highest BCUT2D eigenvalue weighted by Crippen LogP contribution is 2.26. The fourth-order valence-electron chi connectivity index (χ4n) is 1.56. The quantitative estimate of drug-likeness (QED) is 0.566. The Balaban J connectivity index is 2.66. The zero-order valence-electron chi connectivity index (χ0n) is 11.0. The first-order valence-corrected chi connectivity index (χ1v) is 7.06. The first-order valence-electron chi connectivity index (χ1n) is 6.18. The maximum atomic E-state index is 11.7. The van der Waals surface area contributed by atoms with E-state index in [0.29, 0.717) is 12.0 Å². The average Bonchev–Trinajstić information content (AvgIpc) is 2.42. The minimum Gasteiger partial charge on any atom is -0.481 e. The lowest BCUT2D eigenvalue weighted by molar-refractivity contribution is -0.137. The van der Waals surface area contributed by atoms with E-state index in [1.54, 1.807) is 31.2 Å². The van der Waals surface area contributed by atoms with Crippen LogP contribution in [0.2, 0.25) is 0 Å². The van der Waals surface area contributed by atoms with Crippen LogP contribution in [0.4, 0.5) is 0 Å². The molecule has 0 fully saturated rings. The van der Waals surface area contributed by atoms with Crippen LogP contribution in [0.25, 0.3) is 0 Å². The van der Waals surface area contributed by atoms with Crippen LogP contribution in [-0.2, 0) is 9.59 Å². The highest BCUT2D eigenvalue weighted by Gasteiger charge is 2.16. The lowest BCUT2D eigenvalue weighted by atomic mass is 10.1. The van der Waals surface area contributed by atoms with E-state index >= 15 is 0 Å². The molecule has 1 rings (SSSR count). The lowest BCUT2D eigenvalue weighted by Gasteiger charge is -2.09. The van der Waals surface area contributed by atoms with Crippen LogP contribution in [0, 0.1) is 0 Å². The van der Waals surface area contributed by atoms with Gasteiger partial charge in [0.1, 0.15) is 5.25 Å². The van der Waals surface area contributed by atoms with Crippen molar-refractivity contribution in [1.82, 2.24) is 0 Å². The summed E-state index contributed by atoms with van der Waals surface area (Å²) in [6, 6.07) is 6.57. The topological polar surface area (TPSA) is 91.7 Å². The number of ketones is 1. The van der Waals surface area contributed by atoms with Gasteiger partial charge in [0.15, 0.2) is 5.78 Å². The number of Topliss-reactive ketones (excluding diaryl/α,β-unsaturated/α-hetero) is 1. The third-order valence-electron chi connectivity index (χ3n) is 2.67. The van der Waals surface area contributed by atoms with Gasteiger partial charge in [-0.15, -0.1) is 11.8 Å². The summed E-state index contributed by atoms with van der Waals surface area (Å²) < 4.78 is 0. The first-order chi connectivity index (χ1) is 9.43. The Morgan fingerprint density at radius 2 is 1.70 bits per heavy atom. The van der Waals surface area contributed by atoms with Gasteiger partial charge in [-0.3, -0.25) is 14.4 Å². The van der Waals surface area contributed by atoms with Gasteiger partial charge in [0.2, 0.25) is 0 Å². The van der Waals surface area contributed by atoms with Crippen LogP contribution in [-0.4, -0.2) is 33.2 Å². The summed E-state index contributed by atoms with van der Waals surface area (Å²) in [4.78, 5) is 33.8. The highest BCUT2D eigenvalue weighted by molar-refractivity contribution is 8.00. The predicted molar refractivity (Wildman–Crippen MR) is 75.2 cm³/mol. The van der Waals surface area contributed by atoms with Crippen LogP contribution in [0.1, 0.15) is 36.5 Å². The number of carbonyl (C=O) groups excluding carboxylic acids is 1. The maximum Gasteiger partial charge on any atom is 0.316 e. The highest BCUT2D eigenvalue weighted by atomic mass is 32.2. The van der Waals surface area contributed by atoms with Crippen molar-refractivity contribution in [3.63, 3.8) is 0 Å². The van der Waals surface area contributed by atoms with Crippen LogP contribution in [0.15, 0.2) is 29.2 Å². The Kier molecular flexibility index (Phi) is 6.24. The van der Waals surface area contributed by atoms with Gasteiger partial charge in [-0.2, -0.15) is 0 Å². The molecule has 1 aromatic rings. The van der Waals surface area contributed by atoms with Crippen molar-refractivity contribution in [1.29, 1.82) is 0 Å². The van der Waals surface area contributed by atoms with Crippen molar-refractivity contribution < 1.29 is 24.6 Å². The Hall–Kier alpha value is -1.82. The minimum absolute atomic E-state index is 0.0332. The molecule has 0 heterocycles. The van der Waals surface area contributed by atoms with Crippen molar-refractivity contribution >= 4 is 29.5 Å². The van der Waals surface area contributed by atoms with Gasteiger partial charge < -0.3 is 10.2 Å². The van der Waals surface area contributed by atoms with E-state index in [-0.39, 0.29) is 18.6 Å². The third kappa shape index (κ3) is 5.05. The molecule has 0 saturated heterocycles. The van der Waals surface area contributed by atoms with Gasteiger partial charge >= 0.3 is 11.9 Å². The predicted octanol–water partition coefficient (Wildman–Crippen LogP) is 2.69. The van der Waals surface area contributed by atoms with Crippen LogP contribution in [0.5, 0.6) is 0 Å². The second-order valence-electron chi connectivity index (χ2n) is 4.19. The van der Waals surface area contributed by atoms with E-state index in [4.69, 9.17) is 10.2 Å². The molecule has 0 aromatic heterocycles. The Morgan fingerprint density at radius 1 is 1.10 bits per heavy atom. The molecule has 0 aliphatic heterocycles. The summed E-state index contributed by atoms with van der Waals surface area (Å²) in [6.07, 6.45) is 0.292. The largest absolute Gasteiger partial charge is 0.481 e. The molecule has 1 atom stereocenters. The maximum absolute atomic E-state index is 11.7. The monoisotopic (exact) mass is 296 g/mol. The summed E-state index contributed by atoms with van der Waals surface area (Å²) in [5.41, 5.74) is 0.443. The number of benzene rings is 1. The number of thioether (sulfide) groups is 1. The van der Waals surface area contributed by atoms with E-state index in [1.807, 2.05) is 0 Å². The number of rotatable bonds is 8. The molecule has 2 N–H and O–H groups in total. The van der Waals surface area contributed by atoms with E-state index < -0.39 is 17.2 Å². The van der Waals surface area contributed by atoms with Crippen molar-refractivity contribution in [3.8, 4) is 0 Å². The molecule has 6 heteroatoms. The van der Waals surface area contributed by atoms with Crippen molar-refractivity contribution in [2.45, 2.75) is 36.3 Å². The smallest absolute Gasteiger partial charge is 0.316 e. The van der Waals surface area contributed by atoms with Crippen molar-refractivity contribution in [2.75, 3.05) is 0 Å². The second-order valence-corrected chi connectivity index (χ2v) is 5.47. The van der Waals surface area contributed by atoms with Crippen molar-refractivity contribution in [2.24, 2.45) is 0 Å². The van der Waals surface area contributed by atoms with Crippen LogP contribution in [0.3, 0.4) is 0 Å². The van der Waals surface area contributed by atoms with Gasteiger partial charge in [0, 0.05) is 16.9 Å². The number of carboxylic acids is 2. The molecular weight excluding hydrogens is 280 g/mol. The molecule has 0 spiro atoms. The molecule has 1 aromatic carbocycles. The summed E-state index contributed by atoms with van der Waals surface area (Å²) >= 11 is 1.23. The normalized spacial score (nSPS) is 11.8. The molecule has 5 nitrogen and oxygen atoms in total. The molecule has 20 heavy (non-hydrogen) atoms. The Labute approximate surface area is 121 Å². The summed E-state index contributed by atoms with van der Waals surface area (Å²) in [5.74, 6) is -2.09. The van der Waals surface area contributed by atoms with E-state index in [0.717, 1.165) is 4.90 Å². The molecule has 1 unspecified atom stereocenters. The minimum atomic E-state index is -1.00. The standard InChI is InChI=1S/C14H16O5S/c1-2-12(14(18)19)20-10-5-3-9(4-6-10)11(15)7-8-13(16)17/h3-6,12H,2,7-8H2,1H3,(H,16,17)(H,18,19). The second kappa shape index (κ2) is 7.69. The first kappa shape index (κ1) is 16.2. The van der Waals surface area contributed by atoms with Gasteiger partial charge in [-0.25, -0.2) is 0 Å². The molecule has 0 saturated carbocycles. The molecule has 0 bridgehead atoms. The van der Waals surface area contributed by atoms with Crippen LogP contribution < -0.4 is 0 Å². The van der Waals surface area contributed by atoms with Gasteiger partial charge in [-0.05, 0) is 18.6 Å². The number of hydrogen-bond acceptors (Lipinski definition) is 4. The molecule has 0 aliphatic rings. The summed E-state index contributed by atoms with van der Waals surface area (Å²) in [7, 11) is 0. The zero-order chi connectivity index (χ0) is 15.1. The number of carbonyl (C=O) groups is 3. The van der Waals surface area contributed by atoms with E-state index in [2.05, 4.69) is 0 Å². The van der Waals surface area contributed by atoms with E-state index in [1.165, 1.54) is 11.8 Å². The van der Waals surface area contributed by atoms with Gasteiger partial charge in [0.25, 0.3) is 0 Å². The zero-order valence-corrected chi connectivity index (χ0v) is 11.9. The van der Waals surface area contributed by atoms with Gasteiger partial charge in [-0.1, -0.05) is 19.1 Å². The number of aliphatic carboxylic acids is 2. The number of carboxylic acid groups (broad SMARTS) is 2. The van der Waals surface area contributed by atoms with Crippen molar-refractivity contribution in [3.05, 3.63) is 29.8 Å². The average molecular weight is 296 g/mol.